The summed E-state index contributed by atoms with van der Waals surface area (Å²) in [6.45, 7) is 6.17. The molecule has 0 saturated carbocycles. The van der Waals surface area contributed by atoms with Gasteiger partial charge in [-0.3, -0.25) is 14.5 Å². The summed E-state index contributed by atoms with van der Waals surface area (Å²) in [6.07, 6.45) is 0. The number of nitrogens with zero attached hydrogens (tertiary/aromatic N) is 1. The Hall–Kier alpha value is -2.83. The summed E-state index contributed by atoms with van der Waals surface area (Å²) >= 11 is 0. The third kappa shape index (κ3) is 5.32. The third-order valence-corrected chi connectivity index (χ3v) is 3.49. The van der Waals surface area contributed by atoms with Crippen molar-refractivity contribution in [3.05, 3.63) is 65.0 Å². The van der Waals surface area contributed by atoms with Crippen molar-refractivity contribution in [2.75, 3.05) is 11.4 Å². The Balaban J connectivity index is 2.46. The summed E-state index contributed by atoms with van der Waals surface area (Å²) < 4.78 is 46.5. The predicted molar refractivity (Wildman–Crippen MR) is 95.0 cm³/mol. The molecule has 0 spiro atoms. The van der Waals surface area contributed by atoms with Crippen LogP contribution in [0.3, 0.4) is 0 Å². The maximum Gasteiger partial charge on any atom is 0.326 e. The lowest BCUT2D eigenvalue weighted by Crippen LogP contribution is -2.39. The van der Waals surface area contributed by atoms with E-state index in [1.165, 1.54) is 6.07 Å². The van der Waals surface area contributed by atoms with Gasteiger partial charge in [0.1, 0.15) is 35.2 Å². The van der Waals surface area contributed by atoms with E-state index in [0.29, 0.717) is 12.1 Å². The van der Waals surface area contributed by atoms with Gasteiger partial charge in [0.15, 0.2) is 0 Å². The lowest BCUT2D eigenvalue weighted by atomic mass is 10.1. The van der Waals surface area contributed by atoms with Gasteiger partial charge >= 0.3 is 5.97 Å². The number of hydrogen-bond donors (Lipinski definition) is 0. The monoisotopic (exact) mass is 379 g/mol. The number of hydrogen-bond acceptors (Lipinski definition) is 3. The maximum atomic E-state index is 14.1. The molecular weight excluding hydrogens is 359 g/mol. The van der Waals surface area contributed by atoms with E-state index < -0.39 is 47.0 Å². The molecule has 27 heavy (non-hydrogen) atoms. The van der Waals surface area contributed by atoms with Gasteiger partial charge in [-0.15, -0.1) is 0 Å². The minimum Gasteiger partial charge on any atom is -0.459 e. The molecule has 0 aliphatic rings. The Kier molecular flexibility index (Phi) is 5.93. The highest BCUT2D eigenvalue weighted by atomic mass is 19.1. The minimum atomic E-state index is -1.35. The first kappa shape index (κ1) is 20.5. The Labute approximate surface area is 155 Å². The van der Waals surface area contributed by atoms with E-state index in [-0.39, 0.29) is 5.69 Å². The molecule has 0 heterocycles. The van der Waals surface area contributed by atoms with Gasteiger partial charge in [0.25, 0.3) is 5.91 Å². The standard InChI is InChI=1S/C20H20F3NO3/c1-12-6-5-7-14(8-12)24(11-17(25)27-20(2,3)4)19(26)18-15(22)9-13(21)10-16(18)23/h5-10H,11H2,1-4H3. The molecule has 2 rings (SSSR count). The summed E-state index contributed by atoms with van der Waals surface area (Å²) in [6, 6.07) is 7.34. The summed E-state index contributed by atoms with van der Waals surface area (Å²) in [4.78, 5) is 26.0. The van der Waals surface area contributed by atoms with Crippen molar-refractivity contribution < 1.29 is 27.5 Å². The van der Waals surface area contributed by atoms with Crippen LogP contribution in [0.15, 0.2) is 36.4 Å². The van der Waals surface area contributed by atoms with Crippen LogP contribution < -0.4 is 4.90 Å². The van der Waals surface area contributed by atoms with Gasteiger partial charge in [-0.05, 0) is 45.4 Å². The second kappa shape index (κ2) is 7.82. The highest BCUT2D eigenvalue weighted by Crippen LogP contribution is 2.23. The molecule has 0 radical (unpaired) electrons. The van der Waals surface area contributed by atoms with E-state index in [4.69, 9.17) is 4.74 Å². The maximum absolute atomic E-state index is 14.1. The molecule has 0 unspecified atom stereocenters. The second-order valence-corrected chi connectivity index (χ2v) is 7.06. The lowest BCUT2D eigenvalue weighted by Gasteiger charge is -2.26. The van der Waals surface area contributed by atoms with Crippen LogP contribution in [0.5, 0.6) is 0 Å². The normalized spacial score (nSPS) is 11.2. The minimum absolute atomic E-state index is 0.258. The molecular formula is C20H20F3NO3. The fourth-order valence-electron chi connectivity index (χ4n) is 2.46. The van der Waals surface area contributed by atoms with Crippen LogP contribution in [0.1, 0.15) is 36.7 Å². The molecule has 1 amide bonds. The van der Waals surface area contributed by atoms with Crippen LogP contribution >= 0.6 is 0 Å². The first-order valence-electron chi connectivity index (χ1n) is 8.23. The van der Waals surface area contributed by atoms with Crippen LogP contribution in [0, 0.1) is 24.4 Å². The van der Waals surface area contributed by atoms with Crippen molar-refractivity contribution in [1.82, 2.24) is 0 Å². The molecule has 7 heteroatoms. The molecule has 0 saturated heterocycles. The van der Waals surface area contributed by atoms with Crippen LogP contribution in [0.2, 0.25) is 0 Å². The van der Waals surface area contributed by atoms with E-state index in [1.54, 1.807) is 45.9 Å². The van der Waals surface area contributed by atoms with Gasteiger partial charge in [0.05, 0.1) is 0 Å². The first-order valence-corrected chi connectivity index (χ1v) is 8.23. The number of esters is 1. The SMILES string of the molecule is Cc1cccc(N(CC(=O)OC(C)(C)C)C(=O)c2c(F)cc(F)cc2F)c1. The van der Waals surface area contributed by atoms with Crippen LogP contribution in [0.4, 0.5) is 18.9 Å². The quantitative estimate of drug-likeness (QED) is 0.740. The molecule has 0 aromatic heterocycles. The zero-order valence-electron chi connectivity index (χ0n) is 15.5. The number of halogens is 3. The number of aryl methyl sites for hydroxylation is 1. The molecule has 144 valence electrons. The van der Waals surface area contributed by atoms with Gasteiger partial charge in [-0.25, -0.2) is 13.2 Å². The number of rotatable bonds is 4. The number of anilines is 1. The third-order valence-electron chi connectivity index (χ3n) is 3.49. The van der Waals surface area contributed by atoms with Crippen LogP contribution in [-0.2, 0) is 9.53 Å². The van der Waals surface area contributed by atoms with Crippen molar-refractivity contribution in [2.24, 2.45) is 0 Å². The number of amides is 1. The van der Waals surface area contributed by atoms with Crippen molar-refractivity contribution in [3.63, 3.8) is 0 Å². The Morgan fingerprint density at radius 1 is 1.04 bits per heavy atom. The number of carbonyl (C=O) groups excluding carboxylic acids is 2. The van der Waals surface area contributed by atoms with Gasteiger partial charge in [-0.2, -0.15) is 0 Å². The van der Waals surface area contributed by atoms with Crippen molar-refractivity contribution in [1.29, 1.82) is 0 Å². The zero-order chi connectivity index (χ0) is 20.4. The van der Waals surface area contributed by atoms with E-state index in [2.05, 4.69) is 0 Å². The summed E-state index contributed by atoms with van der Waals surface area (Å²) in [7, 11) is 0. The zero-order valence-corrected chi connectivity index (χ0v) is 15.5. The largest absolute Gasteiger partial charge is 0.459 e. The van der Waals surface area contributed by atoms with E-state index >= 15 is 0 Å². The fraction of sp³-hybridized carbons (Fsp3) is 0.300. The number of carbonyl (C=O) groups is 2. The van der Waals surface area contributed by atoms with Gasteiger partial charge < -0.3 is 4.74 Å². The predicted octanol–water partition coefficient (Wildman–Crippen LogP) is 4.40. The summed E-state index contributed by atoms with van der Waals surface area (Å²) in [5.41, 5.74) is -0.713. The van der Waals surface area contributed by atoms with Crippen LogP contribution in [0.25, 0.3) is 0 Å². The lowest BCUT2D eigenvalue weighted by molar-refractivity contribution is -0.152. The molecule has 4 nitrogen and oxygen atoms in total. The molecule has 0 aliphatic carbocycles. The molecule has 2 aromatic carbocycles. The Morgan fingerprint density at radius 2 is 1.63 bits per heavy atom. The second-order valence-electron chi connectivity index (χ2n) is 7.06. The molecule has 0 bridgehead atoms. The first-order chi connectivity index (χ1) is 12.5. The topological polar surface area (TPSA) is 46.6 Å². The van der Waals surface area contributed by atoms with Crippen molar-refractivity contribution in [2.45, 2.75) is 33.3 Å². The fourth-order valence-corrected chi connectivity index (χ4v) is 2.46. The van der Waals surface area contributed by atoms with Gasteiger partial charge in [-0.1, -0.05) is 12.1 Å². The molecule has 2 aromatic rings. The van der Waals surface area contributed by atoms with Crippen LogP contribution in [-0.4, -0.2) is 24.0 Å². The molecule has 0 fully saturated rings. The molecule has 0 N–H and O–H groups in total. The van der Waals surface area contributed by atoms with E-state index in [0.717, 1.165) is 10.5 Å². The highest BCUT2D eigenvalue weighted by molar-refractivity contribution is 6.08. The molecule has 0 atom stereocenters. The number of ether oxygens (including phenoxy) is 1. The van der Waals surface area contributed by atoms with Gasteiger partial charge in [0, 0.05) is 17.8 Å². The average Bonchev–Trinajstić information content (AvgIpc) is 2.49. The van der Waals surface area contributed by atoms with Gasteiger partial charge in [0.2, 0.25) is 0 Å². The van der Waals surface area contributed by atoms with E-state index in [9.17, 15) is 22.8 Å². The van der Waals surface area contributed by atoms with E-state index in [1.807, 2.05) is 0 Å². The Morgan fingerprint density at radius 3 is 2.15 bits per heavy atom. The molecule has 0 aliphatic heterocycles. The van der Waals surface area contributed by atoms with Crippen molar-refractivity contribution in [3.8, 4) is 0 Å². The number of benzene rings is 2. The summed E-state index contributed by atoms with van der Waals surface area (Å²) in [5, 5.41) is 0. The highest BCUT2D eigenvalue weighted by Gasteiger charge is 2.28. The average molecular weight is 379 g/mol. The summed E-state index contributed by atoms with van der Waals surface area (Å²) in [5.74, 6) is -5.70. The Bertz CT molecular complexity index is 852. The smallest absolute Gasteiger partial charge is 0.326 e. The van der Waals surface area contributed by atoms with Crippen molar-refractivity contribution >= 4 is 17.6 Å².